The standard InChI is InChI=1S/C23H28N8O2S/c1-24-22(32)18-13-25-23(26-17-9-8-15-10-11-31(2)14-16(15)12-17)29-21(18)28-19-6-5-7-20(27-19)30-34(3,4)33/h5-9,12-13H,10-11,14H2,1-4H3,(H,24,32)(H2,25,26,27,28,29). The third-order valence-corrected chi connectivity index (χ3v) is 5.85. The van der Waals surface area contributed by atoms with E-state index in [4.69, 9.17) is 0 Å². The molecule has 0 aliphatic carbocycles. The Morgan fingerprint density at radius 3 is 2.71 bits per heavy atom. The molecule has 0 saturated heterocycles. The van der Waals surface area contributed by atoms with E-state index in [1.807, 2.05) is 6.07 Å². The number of fused-ring (bicyclic) bond motifs is 1. The lowest BCUT2D eigenvalue weighted by atomic mass is 9.99. The molecule has 2 aromatic heterocycles. The number of benzene rings is 1. The quantitative estimate of drug-likeness (QED) is 0.492. The van der Waals surface area contributed by atoms with E-state index in [1.54, 1.807) is 37.8 Å². The summed E-state index contributed by atoms with van der Waals surface area (Å²) in [6.07, 6.45) is 5.57. The molecule has 3 aromatic rings. The van der Waals surface area contributed by atoms with Crippen molar-refractivity contribution in [1.82, 2.24) is 25.2 Å². The number of rotatable bonds is 6. The van der Waals surface area contributed by atoms with E-state index in [9.17, 15) is 9.00 Å². The molecule has 10 nitrogen and oxygen atoms in total. The number of carbonyl (C=O) groups excluding carboxylic acids is 1. The second-order valence-corrected chi connectivity index (χ2v) is 11.0. The van der Waals surface area contributed by atoms with E-state index in [1.165, 1.54) is 17.3 Å². The Morgan fingerprint density at radius 1 is 1.12 bits per heavy atom. The number of pyridine rings is 1. The van der Waals surface area contributed by atoms with Crippen LogP contribution in [-0.2, 0) is 22.7 Å². The fraction of sp³-hybridized carbons (Fsp3) is 0.304. The zero-order chi connectivity index (χ0) is 24.3. The highest BCUT2D eigenvalue weighted by Gasteiger charge is 2.16. The van der Waals surface area contributed by atoms with Gasteiger partial charge in [-0.2, -0.15) is 9.35 Å². The number of likely N-dealkylation sites (N-methyl/N-ethyl adjacent to an activating group) is 1. The van der Waals surface area contributed by atoms with Gasteiger partial charge in [0, 0.05) is 54.3 Å². The van der Waals surface area contributed by atoms with E-state index in [-0.39, 0.29) is 17.3 Å². The predicted octanol–water partition coefficient (Wildman–Crippen LogP) is 3.07. The van der Waals surface area contributed by atoms with Gasteiger partial charge in [-0.3, -0.25) is 4.79 Å². The second-order valence-electron chi connectivity index (χ2n) is 8.41. The van der Waals surface area contributed by atoms with Crippen LogP contribution in [0.25, 0.3) is 0 Å². The zero-order valence-corrected chi connectivity index (χ0v) is 20.4. The Labute approximate surface area is 199 Å². The van der Waals surface area contributed by atoms with Crippen LogP contribution in [0.1, 0.15) is 21.5 Å². The summed E-state index contributed by atoms with van der Waals surface area (Å²) in [6, 6.07) is 11.4. The molecule has 0 bridgehead atoms. The van der Waals surface area contributed by atoms with Crippen molar-refractivity contribution in [2.75, 3.05) is 43.8 Å². The summed E-state index contributed by atoms with van der Waals surface area (Å²) in [5.41, 5.74) is 3.75. The largest absolute Gasteiger partial charge is 0.355 e. The minimum atomic E-state index is -2.36. The third kappa shape index (κ3) is 5.86. The maximum Gasteiger partial charge on any atom is 0.256 e. The average molecular weight is 481 g/mol. The molecule has 0 saturated carbocycles. The maximum atomic E-state index is 12.4. The molecule has 1 amide bonds. The lowest BCUT2D eigenvalue weighted by molar-refractivity contribution is 0.0963. The predicted molar refractivity (Wildman–Crippen MR) is 135 cm³/mol. The topological polar surface area (TPSA) is 125 Å². The van der Waals surface area contributed by atoms with E-state index in [0.717, 1.165) is 25.2 Å². The SMILES string of the molecule is CNC(=O)c1cnc(Nc2ccc3c(c2)CN(C)CC3)nc1Nc1cccc(N=S(C)(C)=O)n1. The lowest BCUT2D eigenvalue weighted by Crippen LogP contribution is -2.26. The molecule has 3 N–H and O–H groups in total. The Bertz CT molecular complexity index is 1340. The monoisotopic (exact) mass is 480 g/mol. The molecule has 1 aliphatic rings. The maximum absolute atomic E-state index is 12.4. The van der Waals surface area contributed by atoms with Crippen LogP contribution in [0.15, 0.2) is 47.0 Å². The van der Waals surface area contributed by atoms with Crippen LogP contribution < -0.4 is 16.0 Å². The van der Waals surface area contributed by atoms with Gasteiger partial charge in [0.15, 0.2) is 5.82 Å². The van der Waals surface area contributed by atoms with E-state index < -0.39 is 9.73 Å². The van der Waals surface area contributed by atoms with Crippen LogP contribution in [-0.4, -0.2) is 63.1 Å². The molecule has 0 spiro atoms. The molecular formula is C23H28N8O2S. The summed E-state index contributed by atoms with van der Waals surface area (Å²) in [5, 5.41) is 8.90. The normalized spacial score (nSPS) is 13.6. The van der Waals surface area contributed by atoms with Crippen molar-refractivity contribution in [2.24, 2.45) is 4.36 Å². The van der Waals surface area contributed by atoms with Crippen molar-refractivity contribution < 1.29 is 9.00 Å². The van der Waals surface area contributed by atoms with Gasteiger partial charge in [0.2, 0.25) is 5.95 Å². The van der Waals surface area contributed by atoms with Crippen LogP contribution in [0.2, 0.25) is 0 Å². The average Bonchev–Trinajstić information content (AvgIpc) is 2.77. The molecule has 0 atom stereocenters. The van der Waals surface area contributed by atoms with Gasteiger partial charge < -0.3 is 20.9 Å². The molecule has 1 aromatic carbocycles. The van der Waals surface area contributed by atoms with Crippen molar-refractivity contribution in [2.45, 2.75) is 13.0 Å². The van der Waals surface area contributed by atoms with E-state index >= 15 is 0 Å². The highest BCUT2D eigenvalue weighted by atomic mass is 32.2. The lowest BCUT2D eigenvalue weighted by Gasteiger charge is -2.25. The smallest absolute Gasteiger partial charge is 0.256 e. The van der Waals surface area contributed by atoms with Crippen molar-refractivity contribution in [3.8, 4) is 0 Å². The number of hydrogen-bond acceptors (Lipinski definition) is 9. The van der Waals surface area contributed by atoms with Crippen molar-refractivity contribution in [3.05, 3.63) is 59.3 Å². The summed E-state index contributed by atoms with van der Waals surface area (Å²) >= 11 is 0. The van der Waals surface area contributed by atoms with Gasteiger partial charge in [-0.05, 0) is 48.9 Å². The van der Waals surface area contributed by atoms with Gasteiger partial charge >= 0.3 is 0 Å². The molecule has 1 aliphatic heterocycles. The van der Waals surface area contributed by atoms with Crippen molar-refractivity contribution in [3.63, 3.8) is 0 Å². The van der Waals surface area contributed by atoms with Gasteiger partial charge in [-0.25, -0.2) is 14.2 Å². The summed E-state index contributed by atoms with van der Waals surface area (Å²) in [4.78, 5) is 27.9. The van der Waals surface area contributed by atoms with E-state index in [2.05, 4.69) is 59.3 Å². The molecule has 11 heteroatoms. The van der Waals surface area contributed by atoms with Crippen molar-refractivity contribution >= 4 is 44.7 Å². The minimum Gasteiger partial charge on any atom is -0.355 e. The van der Waals surface area contributed by atoms with E-state index in [0.29, 0.717) is 17.6 Å². The molecule has 178 valence electrons. The Kier molecular flexibility index (Phi) is 6.75. The van der Waals surface area contributed by atoms with Gasteiger partial charge in [0.05, 0.1) is 0 Å². The molecule has 3 heterocycles. The molecule has 4 rings (SSSR count). The van der Waals surface area contributed by atoms with Gasteiger partial charge in [0.1, 0.15) is 17.2 Å². The van der Waals surface area contributed by atoms with Crippen LogP contribution in [0.4, 0.5) is 29.1 Å². The Morgan fingerprint density at radius 2 is 1.94 bits per heavy atom. The summed E-state index contributed by atoms with van der Waals surface area (Å²) in [7, 11) is 1.29. The first-order chi connectivity index (χ1) is 16.2. The number of amides is 1. The van der Waals surface area contributed by atoms with Gasteiger partial charge in [-0.15, -0.1) is 0 Å². The van der Waals surface area contributed by atoms with Crippen LogP contribution in [0.5, 0.6) is 0 Å². The fourth-order valence-corrected chi connectivity index (χ4v) is 4.19. The summed E-state index contributed by atoms with van der Waals surface area (Å²) in [5.74, 6) is 1.03. The highest BCUT2D eigenvalue weighted by molar-refractivity contribution is 7.92. The van der Waals surface area contributed by atoms with Gasteiger partial charge in [0.25, 0.3) is 5.91 Å². The van der Waals surface area contributed by atoms with Crippen molar-refractivity contribution in [1.29, 1.82) is 0 Å². The minimum absolute atomic E-state index is 0.263. The fourth-order valence-electron chi connectivity index (χ4n) is 3.63. The first-order valence-corrected chi connectivity index (χ1v) is 13.1. The van der Waals surface area contributed by atoms with Crippen LogP contribution in [0.3, 0.4) is 0 Å². The number of carbonyl (C=O) groups is 1. The molecule has 0 radical (unpaired) electrons. The zero-order valence-electron chi connectivity index (χ0n) is 19.6. The number of nitrogens with zero attached hydrogens (tertiary/aromatic N) is 5. The Hall–Kier alpha value is -3.57. The second kappa shape index (κ2) is 9.74. The molecule has 0 fully saturated rings. The van der Waals surface area contributed by atoms with Gasteiger partial charge in [-0.1, -0.05) is 12.1 Å². The Balaban J connectivity index is 1.64. The number of nitrogens with one attached hydrogen (secondary N) is 3. The number of aromatic nitrogens is 3. The number of hydrogen-bond donors (Lipinski definition) is 3. The van der Waals surface area contributed by atoms with Crippen LogP contribution in [0, 0.1) is 0 Å². The molecular weight excluding hydrogens is 452 g/mol. The first-order valence-electron chi connectivity index (χ1n) is 10.8. The summed E-state index contributed by atoms with van der Waals surface area (Å²) in [6.45, 7) is 1.94. The number of anilines is 4. The highest BCUT2D eigenvalue weighted by Crippen LogP contribution is 2.25. The third-order valence-electron chi connectivity index (χ3n) is 5.22. The molecule has 0 unspecified atom stereocenters. The van der Waals surface area contributed by atoms with Crippen LogP contribution >= 0.6 is 0 Å². The first kappa shape index (κ1) is 23.6. The summed E-state index contributed by atoms with van der Waals surface area (Å²) < 4.78 is 16.2. The molecule has 34 heavy (non-hydrogen) atoms.